The first-order valence-corrected chi connectivity index (χ1v) is 4.09. The Morgan fingerprint density at radius 3 is 2.43 bits per heavy atom. The quantitative estimate of drug-likeness (QED) is 0.688. The van der Waals surface area contributed by atoms with Crippen LogP contribution >= 0.6 is 0 Å². The predicted octanol–water partition coefficient (Wildman–Crippen LogP) is 2.53. The van der Waals surface area contributed by atoms with E-state index in [4.69, 9.17) is 0 Å². The Labute approximate surface area is 79.5 Å². The molecule has 1 nitrogen and oxygen atoms in total. The SMILES string of the molecule is O=CCc1cccc(CC(F)(F)F)c1. The maximum Gasteiger partial charge on any atom is 0.393 e. The third kappa shape index (κ3) is 3.60. The molecule has 0 amide bonds. The van der Waals surface area contributed by atoms with Crippen LogP contribution in [0, 0.1) is 0 Å². The standard InChI is InChI=1S/C10H9F3O/c11-10(12,13)7-9-3-1-2-8(6-9)4-5-14/h1-3,5-6H,4,7H2. The number of benzene rings is 1. The summed E-state index contributed by atoms with van der Waals surface area (Å²) in [5.41, 5.74) is 0.804. The Morgan fingerprint density at radius 2 is 1.86 bits per heavy atom. The maximum absolute atomic E-state index is 12.0. The van der Waals surface area contributed by atoms with Gasteiger partial charge in [-0.25, -0.2) is 0 Å². The molecule has 0 radical (unpaired) electrons. The molecule has 0 aromatic heterocycles. The van der Waals surface area contributed by atoms with Gasteiger partial charge in [0.15, 0.2) is 0 Å². The number of alkyl halides is 3. The van der Waals surface area contributed by atoms with Crippen LogP contribution < -0.4 is 0 Å². The van der Waals surface area contributed by atoms with Crippen molar-refractivity contribution in [3.63, 3.8) is 0 Å². The van der Waals surface area contributed by atoms with Crippen LogP contribution in [0.3, 0.4) is 0 Å². The van der Waals surface area contributed by atoms with E-state index in [1.165, 1.54) is 18.2 Å². The Bertz CT molecular complexity index is 317. The van der Waals surface area contributed by atoms with Crippen molar-refractivity contribution in [2.24, 2.45) is 0 Å². The second-order valence-electron chi connectivity index (χ2n) is 2.98. The first-order valence-electron chi connectivity index (χ1n) is 4.09. The number of hydrogen-bond acceptors (Lipinski definition) is 1. The highest BCUT2D eigenvalue weighted by Crippen LogP contribution is 2.21. The van der Waals surface area contributed by atoms with Crippen molar-refractivity contribution < 1.29 is 18.0 Å². The molecule has 0 fully saturated rings. The first kappa shape index (κ1) is 10.8. The van der Waals surface area contributed by atoms with Crippen molar-refractivity contribution in [3.8, 4) is 0 Å². The van der Waals surface area contributed by atoms with Gasteiger partial charge in [0.1, 0.15) is 6.29 Å². The number of aldehydes is 1. The molecular formula is C10H9F3O. The summed E-state index contributed by atoms with van der Waals surface area (Å²) in [6.45, 7) is 0. The van der Waals surface area contributed by atoms with Gasteiger partial charge in [-0.3, -0.25) is 0 Å². The van der Waals surface area contributed by atoms with E-state index in [0.717, 1.165) is 0 Å². The number of carbonyl (C=O) groups is 1. The third-order valence-electron chi connectivity index (χ3n) is 1.71. The average Bonchev–Trinajstić information content (AvgIpc) is 2.02. The highest BCUT2D eigenvalue weighted by molar-refractivity contribution is 5.55. The van der Waals surface area contributed by atoms with Gasteiger partial charge in [-0.15, -0.1) is 0 Å². The fourth-order valence-electron chi connectivity index (χ4n) is 1.19. The number of carbonyl (C=O) groups excluding carboxylic acids is 1. The van der Waals surface area contributed by atoms with E-state index in [1.54, 1.807) is 6.07 Å². The molecule has 0 heterocycles. The Kier molecular flexibility index (Phi) is 3.28. The Morgan fingerprint density at radius 1 is 1.21 bits per heavy atom. The van der Waals surface area contributed by atoms with Crippen molar-refractivity contribution >= 4 is 6.29 Å². The number of rotatable bonds is 3. The van der Waals surface area contributed by atoms with E-state index < -0.39 is 12.6 Å². The minimum Gasteiger partial charge on any atom is -0.303 e. The van der Waals surface area contributed by atoms with Gasteiger partial charge in [0, 0.05) is 6.42 Å². The van der Waals surface area contributed by atoms with Crippen LogP contribution in [-0.4, -0.2) is 12.5 Å². The summed E-state index contributed by atoms with van der Waals surface area (Å²) in [5, 5.41) is 0. The van der Waals surface area contributed by atoms with Gasteiger partial charge < -0.3 is 4.79 Å². The fourth-order valence-corrected chi connectivity index (χ4v) is 1.19. The van der Waals surface area contributed by atoms with Crippen molar-refractivity contribution in [3.05, 3.63) is 35.4 Å². The van der Waals surface area contributed by atoms with E-state index in [1.807, 2.05) is 0 Å². The molecule has 1 aromatic carbocycles. The summed E-state index contributed by atoms with van der Waals surface area (Å²) in [6.07, 6.45) is -4.31. The second-order valence-corrected chi connectivity index (χ2v) is 2.98. The summed E-state index contributed by atoms with van der Waals surface area (Å²) in [7, 11) is 0. The lowest BCUT2D eigenvalue weighted by molar-refractivity contribution is -0.127. The molecule has 1 aromatic rings. The summed E-state index contributed by atoms with van der Waals surface area (Å²) < 4.78 is 36.0. The molecule has 0 atom stereocenters. The van der Waals surface area contributed by atoms with Gasteiger partial charge >= 0.3 is 6.18 Å². The van der Waals surface area contributed by atoms with E-state index in [0.29, 0.717) is 11.8 Å². The van der Waals surface area contributed by atoms with E-state index in [2.05, 4.69) is 0 Å². The van der Waals surface area contributed by atoms with Crippen LogP contribution in [-0.2, 0) is 17.6 Å². The highest BCUT2D eigenvalue weighted by Gasteiger charge is 2.27. The Balaban J connectivity index is 2.78. The van der Waals surface area contributed by atoms with E-state index in [9.17, 15) is 18.0 Å². The molecule has 0 bridgehead atoms. The monoisotopic (exact) mass is 202 g/mol. The largest absolute Gasteiger partial charge is 0.393 e. The summed E-state index contributed by atoms with van der Waals surface area (Å²) in [5.74, 6) is 0. The number of hydrogen-bond donors (Lipinski definition) is 0. The molecule has 0 aliphatic heterocycles. The molecule has 0 aliphatic rings. The molecule has 0 aliphatic carbocycles. The summed E-state index contributed by atoms with van der Waals surface area (Å²) in [4.78, 5) is 10.1. The zero-order valence-corrected chi connectivity index (χ0v) is 7.34. The van der Waals surface area contributed by atoms with Crippen LogP contribution in [0.5, 0.6) is 0 Å². The Hall–Kier alpha value is -1.32. The van der Waals surface area contributed by atoms with Crippen LogP contribution in [0.1, 0.15) is 11.1 Å². The zero-order chi connectivity index (χ0) is 10.6. The van der Waals surface area contributed by atoms with Crippen LogP contribution in [0.25, 0.3) is 0 Å². The molecule has 76 valence electrons. The lowest BCUT2D eigenvalue weighted by atomic mass is 10.1. The van der Waals surface area contributed by atoms with Gasteiger partial charge in [0.2, 0.25) is 0 Å². The van der Waals surface area contributed by atoms with Crippen molar-refractivity contribution in [2.75, 3.05) is 0 Å². The predicted molar refractivity (Wildman–Crippen MR) is 46.0 cm³/mol. The molecule has 0 unspecified atom stereocenters. The topological polar surface area (TPSA) is 17.1 Å². The molecule has 0 spiro atoms. The summed E-state index contributed by atoms with van der Waals surface area (Å²) in [6, 6.07) is 5.97. The van der Waals surface area contributed by atoms with Crippen LogP contribution in [0.15, 0.2) is 24.3 Å². The van der Waals surface area contributed by atoms with Crippen molar-refractivity contribution in [2.45, 2.75) is 19.0 Å². The number of halogens is 3. The van der Waals surface area contributed by atoms with Crippen LogP contribution in [0.2, 0.25) is 0 Å². The minimum atomic E-state index is -4.19. The lowest BCUT2D eigenvalue weighted by Crippen LogP contribution is -2.11. The maximum atomic E-state index is 12.0. The normalized spacial score (nSPS) is 11.4. The smallest absolute Gasteiger partial charge is 0.303 e. The van der Waals surface area contributed by atoms with Crippen molar-refractivity contribution in [1.29, 1.82) is 0 Å². The minimum absolute atomic E-state index is 0.158. The molecule has 1 rings (SSSR count). The third-order valence-corrected chi connectivity index (χ3v) is 1.71. The van der Waals surface area contributed by atoms with Crippen LogP contribution in [0.4, 0.5) is 13.2 Å². The van der Waals surface area contributed by atoms with Gasteiger partial charge in [0.05, 0.1) is 6.42 Å². The molecule has 0 saturated carbocycles. The highest BCUT2D eigenvalue weighted by atomic mass is 19.4. The van der Waals surface area contributed by atoms with Crippen molar-refractivity contribution in [1.82, 2.24) is 0 Å². The van der Waals surface area contributed by atoms with Gasteiger partial charge in [-0.2, -0.15) is 13.2 Å². The van der Waals surface area contributed by atoms with Gasteiger partial charge in [-0.05, 0) is 11.1 Å². The first-order chi connectivity index (χ1) is 6.51. The second kappa shape index (κ2) is 4.26. The molecule has 14 heavy (non-hydrogen) atoms. The summed E-state index contributed by atoms with van der Waals surface area (Å²) >= 11 is 0. The fraction of sp³-hybridized carbons (Fsp3) is 0.300. The molecular weight excluding hydrogens is 193 g/mol. The van der Waals surface area contributed by atoms with E-state index in [-0.39, 0.29) is 12.0 Å². The van der Waals surface area contributed by atoms with E-state index >= 15 is 0 Å². The molecule has 0 saturated heterocycles. The van der Waals surface area contributed by atoms with Gasteiger partial charge in [-0.1, -0.05) is 24.3 Å². The molecule has 0 N–H and O–H groups in total. The average molecular weight is 202 g/mol. The van der Waals surface area contributed by atoms with Gasteiger partial charge in [0.25, 0.3) is 0 Å². The molecule has 4 heteroatoms. The zero-order valence-electron chi connectivity index (χ0n) is 7.34. The lowest BCUT2D eigenvalue weighted by Gasteiger charge is -2.06.